The number of rotatable bonds is 5. The average molecular weight is 261 g/mol. The zero-order valence-electron chi connectivity index (χ0n) is 10.1. The Morgan fingerprint density at radius 2 is 2.17 bits per heavy atom. The van der Waals surface area contributed by atoms with E-state index in [9.17, 15) is 4.79 Å². The molecule has 1 aromatic carbocycles. The first-order valence-electron chi connectivity index (χ1n) is 5.69. The number of nitrogens with one attached hydrogen (secondary N) is 1. The third kappa shape index (κ3) is 3.15. The molecule has 0 saturated heterocycles. The molecule has 0 aliphatic carbocycles. The van der Waals surface area contributed by atoms with E-state index in [2.05, 4.69) is 10.3 Å². The van der Waals surface area contributed by atoms with Crippen LogP contribution in [0.3, 0.4) is 0 Å². The molecular formula is C13H15N3OS. The molecule has 1 aromatic heterocycles. The summed E-state index contributed by atoms with van der Waals surface area (Å²) >= 11 is 1.61. The van der Waals surface area contributed by atoms with Crippen LogP contribution in [0.15, 0.2) is 36.5 Å². The molecule has 0 unspecified atom stereocenters. The van der Waals surface area contributed by atoms with Crippen molar-refractivity contribution in [2.45, 2.75) is 19.5 Å². The largest absolute Gasteiger partial charge is 0.368 e. The molecule has 1 heterocycles. The number of aromatic nitrogens is 1. The van der Waals surface area contributed by atoms with Crippen LogP contribution in [0.4, 0.5) is 0 Å². The minimum Gasteiger partial charge on any atom is -0.368 e. The third-order valence-corrected chi connectivity index (χ3v) is 3.63. The summed E-state index contributed by atoms with van der Waals surface area (Å²) in [5, 5.41) is 4.04. The Kier molecular flexibility index (Phi) is 4.07. The Morgan fingerprint density at radius 1 is 1.44 bits per heavy atom. The van der Waals surface area contributed by atoms with Crippen LogP contribution in [-0.2, 0) is 11.3 Å². The van der Waals surface area contributed by atoms with Gasteiger partial charge in [-0.25, -0.2) is 4.98 Å². The van der Waals surface area contributed by atoms with Crippen molar-refractivity contribution in [2.24, 2.45) is 5.73 Å². The van der Waals surface area contributed by atoms with Crippen LogP contribution in [-0.4, -0.2) is 16.9 Å². The molecule has 0 fully saturated rings. The lowest BCUT2D eigenvalue weighted by atomic mass is 10.2. The van der Waals surface area contributed by atoms with Gasteiger partial charge in [-0.1, -0.05) is 30.3 Å². The first-order chi connectivity index (χ1) is 8.66. The van der Waals surface area contributed by atoms with E-state index in [0.717, 1.165) is 15.4 Å². The lowest BCUT2D eigenvalue weighted by Crippen LogP contribution is -2.38. The summed E-state index contributed by atoms with van der Waals surface area (Å²) in [6.45, 7) is 2.36. The van der Waals surface area contributed by atoms with Crippen LogP contribution in [0.5, 0.6) is 0 Å². The zero-order valence-corrected chi connectivity index (χ0v) is 10.9. The van der Waals surface area contributed by atoms with E-state index in [1.54, 1.807) is 18.3 Å². The molecule has 1 amide bonds. The molecule has 1 atom stereocenters. The van der Waals surface area contributed by atoms with Gasteiger partial charge in [0.05, 0.1) is 6.04 Å². The van der Waals surface area contributed by atoms with Crippen molar-refractivity contribution in [3.8, 4) is 10.6 Å². The van der Waals surface area contributed by atoms with Gasteiger partial charge >= 0.3 is 0 Å². The van der Waals surface area contributed by atoms with Crippen LogP contribution in [0.25, 0.3) is 10.6 Å². The molecule has 2 rings (SSSR count). The molecule has 3 N–H and O–H groups in total. The van der Waals surface area contributed by atoms with Crippen molar-refractivity contribution in [1.82, 2.24) is 10.3 Å². The maximum atomic E-state index is 10.9. The fourth-order valence-electron chi connectivity index (χ4n) is 1.46. The van der Waals surface area contributed by atoms with Crippen LogP contribution < -0.4 is 11.1 Å². The minimum atomic E-state index is -0.345. The highest BCUT2D eigenvalue weighted by Crippen LogP contribution is 2.24. The number of nitrogens with zero attached hydrogens (tertiary/aromatic N) is 1. The molecule has 18 heavy (non-hydrogen) atoms. The molecular weight excluding hydrogens is 246 g/mol. The normalized spacial score (nSPS) is 12.3. The van der Waals surface area contributed by atoms with E-state index in [4.69, 9.17) is 5.73 Å². The van der Waals surface area contributed by atoms with E-state index < -0.39 is 0 Å². The standard InChI is InChI=1S/C13H15N3OS/c1-9(12(14)17)15-7-11-8-16-13(18-11)10-5-3-2-4-6-10/h2-6,8-9,15H,7H2,1H3,(H2,14,17)/t9-/m0/s1. The first kappa shape index (κ1) is 12.7. The molecule has 0 aliphatic rings. The monoisotopic (exact) mass is 261 g/mol. The predicted octanol–water partition coefficient (Wildman–Crippen LogP) is 1.77. The fraction of sp³-hybridized carbons (Fsp3) is 0.231. The van der Waals surface area contributed by atoms with Gasteiger partial charge in [0.25, 0.3) is 0 Å². The molecule has 5 heteroatoms. The van der Waals surface area contributed by atoms with Gasteiger partial charge in [-0.3, -0.25) is 4.79 Å². The number of carbonyl (C=O) groups is 1. The number of hydrogen-bond acceptors (Lipinski definition) is 4. The summed E-state index contributed by atoms with van der Waals surface area (Å²) in [5.74, 6) is -0.345. The number of hydrogen-bond donors (Lipinski definition) is 2. The Labute approximate surface area is 110 Å². The second kappa shape index (κ2) is 5.75. The highest BCUT2D eigenvalue weighted by molar-refractivity contribution is 7.15. The highest BCUT2D eigenvalue weighted by Gasteiger charge is 2.09. The first-order valence-corrected chi connectivity index (χ1v) is 6.51. The van der Waals surface area contributed by atoms with Crippen molar-refractivity contribution in [3.63, 3.8) is 0 Å². The van der Waals surface area contributed by atoms with E-state index >= 15 is 0 Å². The molecule has 0 radical (unpaired) electrons. The van der Waals surface area contributed by atoms with Crippen LogP contribution in [0.2, 0.25) is 0 Å². The van der Waals surface area contributed by atoms with Crippen LogP contribution in [0.1, 0.15) is 11.8 Å². The lowest BCUT2D eigenvalue weighted by Gasteiger charge is -2.07. The molecule has 4 nitrogen and oxygen atoms in total. The predicted molar refractivity (Wildman–Crippen MR) is 73.0 cm³/mol. The number of nitrogens with two attached hydrogens (primary N) is 1. The Bertz CT molecular complexity index is 524. The number of thiazole rings is 1. The maximum Gasteiger partial charge on any atom is 0.234 e. The highest BCUT2D eigenvalue weighted by atomic mass is 32.1. The van der Waals surface area contributed by atoms with Crippen molar-refractivity contribution in [1.29, 1.82) is 0 Å². The van der Waals surface area contributed by atoms with Gasteiger partial charge in [0.15, 0.2) is 0 Å². The van der Waals surface area contributed by atoms with Crippen molar-refractivity contribution >= 4 is 17.2 Å². The Hall–Kier alpha value is -1.72. The SMILES string of the molecule is C[C@H](NCc1cnc(-c2ccccc2)s1)C(N)=O. The quantitative estimate of drug-likeness (QED) is 0.862. The third-order valence-electron chi connectivity index (χ3n) is 2.58. The summed E-state index contributed by atoms with van der Waals surface area (Å²) in [7, 11) is 0. The molecule has 2 aromatic rings. The van der Waals surface area contributed by atoms with Gasteiger partial charge in [0, 0.05) is 23.2 Å². The van der Waals surface area contributed by atoms with E-state index in [1.165, 1.54) is 0 Å². The maximum absolute atomic E-state index is 10.9. The van der Waals surface area contributed by atoms with E-state index in [-0.39, 0.29) is 11.9 Å². The van der Waals surface area contributed by atoms with Gasteiger partial charge in [-0.2, -0.15) is 0 Å². The van der Waals surface area contributed by atoms with Gasteiger partial charge in [-0.05, 0) is 6.92 Å². The molecule has 0 aliphatic heterocycles. The van der Waals surface area contributed by atoms with Crippen LogP contribution in [0, 0.1) is 0 Å². The summed E-state index contributed by atoms with van der Waals surface area (Å²) in [5.41, 5.74) is 6.29. The van der Waals surface area contributed by atoms with Gasteiger partial charge in [-0.15, -0.1) is 11.3 Å². The zero-order chi connectivity index (χ0) is 13.0. The van der Waals surface area contributed by atoms with Gasteiger partial charge in [0.1, 0.15) is 5.01 Å². The Balaban J connectivity index is 2.01. The Morgan fingerprint density at radius 3 is 2.83 bits per heavy atom. The second-order valence-corrected chi connectivity index (χ2v) is 5.12. The number of primary amides is 1. The summed E-state index contributed by atoms with van der Waals surface area (Å²) in [6, 6.07) is 9.69. The average Bonchev–Trinajstić information content (AvgIpc) is 2.85. The fourth-order valence-corrected chi connectivity index (χ4v) is 2.33. The van der Waals surface area contributed by atoms with E-state index in [1.807, 2.05) is 36.5 Å². The summed E-state index contributed by atoms with van der Waals surface area (Å²) < 4.78 is 0. The number of carbonyl (C=O) groups excluding carboxylic acids is 1. The van der Waals surface area contributed by atoms with Crippen LogP contribution >= 0.6 is 11.3 Å². The van der Waals surface area contributed by atoms with Crippen molar-refractivity contribution in [2.75, 3.05) is 0 Å². The van der Waals surface area contributed by atoms with E-state index in [0.29, 0.717) is 6.54 Å². The number of benzene rings is 1. The smallest absolute Gasteiger partial charge is 0.234 e. The number of amides is 1. The lowest BCUT2D eigenvalue weighted by molar-refractivity contribution is -0.119. The topological polar surface area (TPSA) is 68.0 Å². The molecule has 0 spiro atoms. The molecule has 0 saturated carbocycles. The van der Waals surface area contributed by atoms with Gasteiger partial charge < -0.3 is 11.1 Å². The minimum absolute atomic E-state index is 0.327. The van der Waals surface area contributed by atoms with Gasteiger partial charge in [0.2, 0.25) is 5.91 Å². The molecule has 0 bridgehead atoms. The summed E-state index contributed by atoms with van der Waals surface area (Å²) in [4.78, 5) is 16.4. The summed E-state index contributed by atoms with van der Waals surface area (Å²) in [6.07, 6.45) is 1.83. The second-order valence-electron chi connectivity index (χ2n) is 4.00. The van der Waals surface area contributed by atoms with Crippen molar-refractivity contribution < 1.29 is 4.79 Å². The van der Waals surface area contributed by atoms with Crippen molar-refractivity contribution in [3.05, 3.63) is 41.4 Å². The molecule has 94 valence electrons.